The predicted molar refractivity (Wildman–Crippen MR) is 115 cm³/mol. The van der Waals surface area contributed by atoms with Crippen LogP contribution in [0.2, 0.25) is 0 Å². The van der Waals surface area contributed by atoms with Crippen molar-refractivity contribution in [1.29, 1.82) is 0 Å². The number of benzene rings is 2. The molecule has 1 aliphatic carbocycles. The molecule has 0 radical (unpaired) electrons. The molecule has 1 aliphatic heterocycles. The van der Waals surface area contributed by atoms with Crippen molar-refractivity contribution >= 4 is 16.8 Å². The largest absolute Gasteiger partial charge is 0.328 e. The summed E-state index contributed by atoms with van der Waals surface area (Å²) in [6.07, 6.45) is 2.39. The van der Waals surface area contributed by atoms with E-state index in [0.29, 0.717) is 5.92 Å². The average Bonchev–Trinajstić information content (AvgIpc) is 3.58. The summed E-state index contributed by atoms with van der Waals surface area (Å²) in [5.41, 5.74) is 5.57. The monoisotopic (exact) mass is 386 g/mol. The van der Waals surface area contributed by atoms with Crippen molar-refractivity contribution < 1.29 is 9.69 Å². The lowest BCUT2D eigenvalue weighted by Crippen LogP contribution is -3.13. The van der Waals surface area contributed by atoms with Crippen LogP contribution < -0.4 is 4.90 Å². The SMILES string of the molecule is Cc1cccc(C[NH+]2CCN(C(=O)c3cc(C4CC4)nc4ccccc34)CC2)c1. The predicted octanol–water partition coefficient (Wildman–Crippen LogP) is 2.96. The highest BCUT2D eigenvalue weighted by atomic mass is 16.2. The molecule has 2 aromatic carbocycles. The van der Waals surface area contributed by atoms with E-state index in [-0.39, 0.29) is 5.91 Å². The van der Waals surface area contributed by atoms with Gasteiger partial charge in [0.15, 0.2) is 0 Å². The molecule has 1 amide bonds. The lowest BCUT2D eigenvalue weighted by molar-refractivity contribution is -0.917. The van der Waals surface area contributed by atoms with Gasteiger partial charge in [0, 0.05) is 22.6 Å². The van der Waals surface area contributed by atoms with Gasteiger partial charge in [-0.05, 0) is 31.9 Å². The third-order valence-corrected chi connectivity index (χ3v) is 6.26. The number of hydrogen-bond acceptors (Lipinski definition) is 2. The molecule has 1 N–H and O–H groups in total. The highest BCUT2D eigenvalue weighted by molar-refractivity contribution is 6.06. The Labute approximate surface area is 172 Å². The Hall–Kier alpha value is -2.72. The third-order valence-electron chi connectivity index (χ3n) is 6.26. The molecule has 2 fully saturated rings. The first-order chi connectivity index (χ1) is 14.2. The van der Waals surface area contributed by atoms with Crippen molar-refractivity contribution in [2.75, 3.05) is 26.2 Å². The van der Waals surface area contributed by atoms with Gasteiger partial charge in [0.25, 0.3) is 5.91 Å². The van der Waals surface area contributed by atoms with Crippen LogP contribution in [0.25, 0.3) is 10.9 Å². The maximum Gasteiger partial charge on any atom is 0.255 e. The summed E-state index contributed by atoms with van der Waals surface area (Å²) >= 11 is 0. The van der Waals surface area contributed by atoms with Gasteiger partial charge < -0.3 is 9.80 Å². The van der Waals surface area contributed by atoms with Gasteiger partial charge in [0.1, 0.15) is 6.54 Å². The number of aryl methyl sites for hydroxylation is 1. The number of amides is 1. The second-order valence-electron chi connectivity index (χ2n) is 8.59. The molecule has 2 aliphatic rings. The molecule has 148 valence electrons. The average molecular weight is 387 g/mol. The second kappa shape index (κ2) is 7.60. The summed E-state index contributed by atoms with van der Waals surface area (Å²) in [4.78, 5) is 21.8. The Balaban J connectivity index is 1.32. The summed E-state index contributed by atoms with van der Waals surface area (Å²) in [5, 5.41) is 0.983. The number of nitrogens with zero attached hydrogens (tertiary/aromatic N) is 2. The number of rotatable bonds is 4. The number of carbonyl (C=O) groups excluding carboxylic acids is 1. The standard InChI is InChI=1S/C25H27N3O/c1-18-5-4-6-19(15-18)17-27-11-13-28(14-12-27)25(29)22-16-24(20-9-10-20)26-23-8-3-2-7-21(22)23/h2-8,15-16,20H,9-14,17H2,1H3/p+1. The summed E-state index contributed by atoms with van der Waals surface area (Å²) in [7, 11) is 0. The van der Waals surface area contributed by atoms with E-state index in [1.807, 2.05) is 29.2 Å². The van der Waals surface area contributed by atoms with Crippen LogP contribution >= 0.6 is 0 Å². The topological polar surface area (TPSA) is 37.6 Å². The van der Waals surface area contributed by atoms with Gasteiger partial charge >= 0.3 is 0 Å². The van der Waals surface area contributed by atoms with Gasteiger partial charge in [-0.2, -0.15) is 0 Å². The molecule has 0 bridgehead atoms. The van der Waals surface area contributed by atoms with Gasteiger partial charge in [-0.15, -0.1) is 0 Å². The minimum atomic E-state index is 0.167. The number of para-hydroxylation sites is 1. The molecule has 0 spiro atoms. The highest BCUT2D eigenvalue weighted by Gasteiger charge is 2.29. The van der Waals surface area contributed by atoms with E-state index in [2.05, 4.69) is 37.3 Å². The summed E-state index contributed by atoms with van der Waals surface area (Å²) in [6, 6.07) is 18.9. The number of pyridine rings is 1. The number of carbonyl (C=O) groups is 1. The molecule has 1 saturated heterocycles. The minimum Gasteiger partial charge on any atom is -0.328 e. The van der Waals surface area contributed by atoms with Gasteiger partial charge in [0.05, 0.1) is 37.3 Å². The van der Waals surface area contributed by atoms with Crippen LogP contribution in [0, 0.1) is 6.92 Å². The van der Waals surface area contributed by atoms with Crippen molar-refractivity contribution in [3.8, 4) is 0 Å². The summed E-state index contributed by atoms with van der Waals surface area (Å²) in [5.74, 6) is 0.710. The first-order valence-corrected chi connectivity index (χ1v) is 10.8. The number of quaternary nitrogens is 1. The maximum atomic E-state index is 13.4. The van der Waals surface area contributed by atoms with E-state index >= 15 is 0 Å². The molecule has 4 nitrogen and oxygen atoms in total. The van der Waals surface area contributed by atoms with E-state index in [1.165, 1.54) is 24.0 Å². The molecule has 5 rings (SSSR count). The molecule has 0 unspecified atom stereocenters. The van der Waals surface area contributed by atoms with Crippen molar-refractivity contribution in [2.24, 2.45) is 0 Å². The number of nitrogens with one attached hydrogen (secondary N) is 1. The molecule has 0 atom stereocenters. The molecular weight excluding hydrogens is 358 g/mol. The van der Waals surface area contributed by atoms with Crippen LogP contribution in [0.4, 0.5) is 0 Å². The van der Waals surface area contributed by atoms with Crippen molar-refractivity contribution in [3.63, 3.8) is 0 Å². The molecule has 1 saturated carbocycles. The Bertz CT molecular complexity index is 1050. The van der Waals surface area contributed by atoms with E-state index in [4.69, 9.17) is 4.98 Å². The zero-order valence-corrected chi connectivity index (χ0v) is 17.0. The Kier molecular flexibility index (Phi) is 4.80. The van der Waals surface area contributed by atoms with Gasteiger partial charge in [-0.25, -0.2) is 0 Å². The highest BCUT2D eigenvalue weighted by Crippen LogP contribution is 2.40. The van der Waals surface area contributed by atoms with Gasteiger partial charge in [-0.1, -0.05) is 48.0 Å². The van der Waals surface area contributed by atoms with Crippen molar-refractivity contribution in [2.45, 2.75) is 32.2 Å². The van der Waals surface area contributed by atoms with Crippen LogP contribution in [-0.4, -0.2) is 42.0 Å². The normalized spacial score (nSPS) is 17.6. The molecule has 4 heteroatoms. The smallest absolute Gasteiger partial charge is 0.255 e. The van der Waals surface area contributed by atoms with Gasteiger partial charge in [-0.3, -0.25) is 9.78 Å². The Morgan fingerprint density at radius 2 is 1.86 bits per heavy atom. The fraction of sp³-hybridized carbons (Fsp3) is 0.360. The summed E-state index contributed by atoms with van der Waals surface area (Å²) < 4.78 is 0. The van der Waals surface area contributed by atoms with Crippen LogP contribution in [0.1, 0.15) is 45.9 Å². The Morgan fingerprint density at radius 1 is 1.07 bits per heavy atom. The van der Waals surface area contributed by atoms with E-state index in [9.17, 15) is 4.79 Å². The second-order valence-corrected chi connectivity index (χ2v) is 8.59. The van der Waals surface area contributed by atoms with E-state index in [1.54, 1.807) is 4.90 Å². The number of hydrogen-bond donors (Lipinski definition) is 1. The van der Waals surface area contributed by atoms with Gasteiger partial charge in [0.2, 0.25) is 0 Å². The third kappa shape index (κ3) is 3.90. The van der Waals surface area contributed by atoms with Crippen molar-refractivity contribution in [3.05, 3.63) is 77.0 Å². The zero-order chi connectivity index (χ0) is 19.8. The zero-order valence-electron chi connectivity index (χ0n) is 17.0. The molecule has 29 heavy (non-hydrogen) atoms. The van der Waals surface area contributed by atoms with Crippen LogP contribution in [0.15, 0.2) is 54.6 Å². The number of fused-ring (bicyclic) bond motifs is 1. The molecule has 3 aromatic rings. The first-order valence-electron chi connectivity index (χ1n) is 10.8. The van der Waals surface area contributed by atoms with Crippen LogP contribution in [0.3, 0.4) is 0 Å². The van der Waals surface area contributed by atoms with Crippen molar-refractivity contribution in [1.82, 2.24) is 9.88 Å². The maximum absolute atomic E-state index is 13.4. The first kappa shape index (κ1) is 18.3. The quantitative estimate of drug-likeness (QED) is 0.749. The molecule has 2 heterocycles. The number of aromatic nitrogens is 1. The Morgan fingerprint density at radius 3 is 2.62 bits per heavy atom. The molecular formula is C25H28N3O+. The lowest BCUT2D eigenvalue weighted by Gasteiger charge is -2.32. The fourth-order valence-electron chi connectivity index (χ4n) is 4.45. The van der Waals surface area contributed by atoms with Crippen LogP contribution in [-0.2, 0) is 6.54 Å². The minimum absolute atomic E-state index is 0.167. The summed E-state index contributed by atoms with van der Waals surface area (Å²) in [6.45, 7) is 6.80. The van der Waals surface area contributed by atoms with E-state index in [0.717, 1.165) is 54.9 Å². The molecule has 1 aromatic heterocycles. The number of piperazine rings is 1. The lowest BCUT2D eigenvalue weighted by atomic mass is 10.0. The van der Waals surface area contributed by atoms with E-state index < -0.39 is 0 Å². The van der Waals surface area contributed by atoms with Crippen LogP contribution in [0.5, 0.6) is 0 Å². The fourth-order valence-corrected chi connectivity index (χ4v) is 4.45.